The van der Waals surface area contributed by atoms with Crippen molar-refractivity contribution in [1.82, 2.24) is 39.8 Å². The van der Waals surface area contributed by atoms with Gasteiger partial charge in [0.15, 0.2) is 17.0 Å². The number of phosphoric acid groups is 2. The van der Waals surface area contributed by atoms with E-state index < -0.39 is 33.8 Å². The van der Waals surface area contributed by atoms with E-state index in [9.17, 15) is 33.5 Å². The number of hydrogen-bond donors (Lipinski definition) is 6. The molecule has 2 saturated carbocycles. The summed E-state index contributed by atoms with van der Waals surface area (Å²) in [6.07, 6.45) is 5.95. The summed E-state index contributed by atoms with van der Waals surface area (Å²) in [6, 6.07) is -0.379. The molecule has 0 bridgehead atoms. The Bertz CT molecular complexity index is 1710. The number of anilines is 1. The number of amides is 1. The summed E-state index contributed by atoms with van der Waals surface area (Å²) >= 11 is 0. The minimum atomic E-state index is -4.90. The molecule has 2 unspecified atom stereocenters. The van der Waals surface area contributed by atoms with Crippen molar-refractivity contribution in [3.05, 3.63) is 24.0 Å². The van der Waals surface area contributed by atoms with Crippen molar-refractivity contribution in [2.75, 3.05) is 25.5 Å². The van der Waals surface area contributed by atoms with Crippen molar-refractivity contribution >= 4 is 38.5 Å². The fourth-order valence-corrected chi connectivity index (χ4v) is 6.94. The van der Waals surface area contributed by atoms with Crippen molar-refractivity contribution in [2.45, 2.75) is 64.1 Å². The maximum absolute atomic E-state index is 11.7. The first-order chi connectivity index (χ1) is 21.3. The van der Waals surface area contributed by atoms with Crippen LogP contribution in [0.5, 0.6) is 0 Å². The predicted octanol–water partition coefficient (Wildman–Crippen LogP) is 0.898. The third-order valence-corrected chi connectivity index (χ3v) is 9.00. The van der Waals surface area contributed by atoms with Gasteiger partial charge in [-0.1, -0.05) is 11.1 Å². The molecule has 0 aliphatic heterocycles. The van der Waals surface area contributed by atoms with Crippen LogP contribution in [0, 0.1) is 23.2 Å². The molecule has 244 valence electrons. The van der Waals surface area contributed by atoms with E-state index in [2.05, 4.69) is 47.7 Å². The van der Waals surface area contributed by atoms with Crippen LogP contribution in [0.4, 0.5) is 5.82 Å². The lowest BCUT2D eigenvalue weighted by molar-refractivity contribution is -0.119. The molecule has 18 nitrogen and oxygen atoms in total. The van der Waals surface area contributed by atoms with Gasteiger partial charge in [0.2, 0.25) is 11.7 Å². The van der Waals surface area contributed by atoms with E-state index in [0.29, 0.717) is 42.9 Å². The van der Waals surface area contributed by atoms with Crippen molar-refractivity contribution in [3.8, 4) is 11.8 Å². The molecule has 0 spiro atoms. The number of carbonyl (C=O) groups excluding carboxylic acids is 1. The largest absolute Gasteiger partial charge is 0.469 e. The van der Waals surface area contributed by atoms with Crippen molar-refractivity contribution in [2.24, 2.45) is 11.3 Å². The lowest BCUT2D eigenvalue weighted by atomic mass is 10.0. The van der Waals surface area contributed by atoms with Gasteiger partial charge in [-0.3, -0.25) is 18.5 Å². The third-order valence-electron chi connectivity index (χ3n) is 8.01. The quantitative estimate of drug-likeness (QED) is 0.0794. The van der Waals surface area contributed by atoms with Crippen molar-refractivity contribution < 1.29 is 42.5 Å². The summed E-state index contributed by atoms with van der Waals surface area (Å²) in [6.45, 7) is 2.08. The highest BCUT2D eigenvalue weighted by Gasteiger charge is 2.70. The molecule has 0 aromatic carbocycles. The van der Waals surface area contributed by atoms with Gasteiger partial charge in [0.1, 0.15) is 0 Å². The van der Waals surface area contributed by atoms with Gasteiger partial charge in [-0.2, -0.15) is 0 Å². The summed E-state index contributed by atoms with van der Waals surface area (Å²) < 4.78 is 36.4. The fourth-order valence-electron chi connectivity index (χ4n) is 5.90. The lowest BCUT2D eigenvalue weighted by Gasteiger charge is -2.24. The number of rotatable bonds is 14. The second kappa shape index (κ2) is 13.2. The van der Waals surface area contributed by atoms with Crippen LogP contribution in [0.15, 0.2) is 12.5 Å². The molecule has 0 saturated heterocycles. The first kappa shape index (κ1) is 33.1. The highest BCUT2D eigenvalue weighted by molar-refractivity contribution is 7.46. The Kier molecular flexibility index (Phi) is 9.73. The maximum Gasteiger partial charge on any atom is 0.469 e. The Balaban J connectivity index is 1.25. The molecule has 1 amide bonds. The molecule has 6 N–H and O–H groups in total. The molecular formula is C25H35N9O9P2. The molecular weight excluding hydrogens is 632 g/mol. The van der Waals surface area contributed by atoms with Crippen LogP contribution in [-0.2, 0) is 35.9 Å². The third kappa shape index (κ3) is 8.13. The number of nitrogens with one attached hydrogen (secondary N) is 2. The molecule has 3 aromatic rings. The van der Waals surface area contributed by atoms with Crippen LogP contribution in [0.3, 0.4) is 0 Å². The SMILES string of the molecule is CNc1nc(C#CCCCCc2cn(CCNC(C)=O)nn2)nc2c1ncn2C1CC(OP(=O)(O)O)[C@@]2(COP(=O)(O)O)C[C@@H]12. The average Bonchev–Trinajstić information content (AvgIpc) is 3.19. The van der Waals surface area contributed by atoms with E-state index in [1.807, 2.05) is 6.20 Å². The van der Waals surface area contributed by atoms with Crippen LogP contribution < -0.4 is 10.6 Å². The second-order valence-corrected chi connectivity index (χ2v) is 13.6. The van der Waals surface area contributed by atoms with Crippen LogP contribution in [0.1, 0.15) is 56.6 Å². The van der Waals surface area contributed by atoms with E-state index in [1.165, 1.54) is 6.92 Å². The monoisotopic (exact) mass is 667 g/mol. The molecule has 3 aromatic heterocycles. The van der Waals surface area contributed by atoms with E-state index >= 15 is 0 Å². The normalized spacial score (nSPS) is 22.6. The number of imidazole rings is 1. The van der Waals surface area contributed by atoms with Crippen molar-refractivity contribution in [3.63, 3.8) is 0 Å². The van der Waals surface area contributed by atoms with Crippen LogP contribution in [0.25, 0.3) is 11.2 Å². The Morgan fingerprint density at radius 3 is 2.71 bits per heavy atom. The van der Waals surface area contributed by atoms with Crippen LogP contribution >= 0.6 is 15.6 Å². The fraction of sp³-hybridized carbons (Fsp3) is 0.600. The average molecular weight is 668 g/mol. The topological polar surface area (TPSA) is 249 Å². The first-order valence-corrected chi connectivity index (χ1v) is 17.3. The molecule has 45 heavy (non-hydrogen) atoms. The summed E-state index contributed by atoms with van der Waals surface area (Å²) in [7, 11) is -8.02. The van der Waals surface area contributed by atoms with E-state index in [1.54, 1.807) is 22.6 Å². The number of aryl methyl sites for hydroxylation is 1. The van der Waals surface area contributed by atoms with Gasteiger partial charge in [-0.15, -0.1) is 5.10 Å². The standard InChI is InChI=1S/C25H35N9O9P2/c1-16(35)27-9-10-33-13-17(31-32-33)7-5-3-4-6-8-21-29-23(26-2)22-24(30-21)34(15-28-22)19-11-20(43-45(39,40)41)25(12-18(19)25)14-42-44(36,37)38/h13,15,18-20H,3-5,7,9-12,14H2,1-2H3,(H,27,35)(H,26,29,30)(H2,36,37,38)(H2,39,40,41)/t18-,19?,20?,25+/m0/s1. The number of phosphoric ester groups is 2. The number of hydrogen-bond acceptors (Lipinski definition) is 11. The van der Waals surface area contributed by atoms with Gasteiger partial charge < -0.3 is 34.8 Å². The Morgan fingerprint density at radius 2 is 2.00 bits per heavy atom. The zero-order chi connectivity index (χ0) is 32.4. The van der Waals surface area contributed by atoms with E-state index in [4.69, 9.17) is 9.05 Å². The Morgan fingerprint density at radius 1 is 1.20 bits per heavy atom. The minimum Gasteiger partial charge on any atom is -0.371 e. The molecule has 4 atom stereocenters. The molecule has 0 radical (unpaired) electrons. The number of fused-ring (bicyclic) bond motifs is 2. The zero-order valence-corrected chi connectivity index (χ0v) is 26.4. The molecule has 5 rings (SSSR count). The number of nitrogens with zero attached hydrogens (tertiary/aromatic N) is 7. The van der Waals surface area contributed by atoms with E-state index in [-0.39, 0.29) is 30.1 Å². The lowest BCUT2D eigenvalue weighted by Crippen LogP contribution is -2.26. The number of unbranched alkanes of at least 4 members (excludes halogenated alkanes) is 2. The molecule has 3 heterocycles. The van der Waals surface area contributed by atoms with Crippen molar-refractivity contribution in [1.29, 1.82) is 0 Å². The van der Waals surface area contributed by atoms with Gasteiger partial charge >= 0.3 is 15.6 Å². The summed E-state index contributed by atoms with van der Waals surface area (Å²) in [5.74, 6) is 6.49. The summed E-state index contributed by atoms with van der Waals surface area (Å²) in [4.78, 5) is 62.0. The number of carbonyl (C=O) groups is 1. The van der Waals surface area contributed by atoms with Gasteiger partial charge in [-0.25, -0.2) is 24.1 Å². The van der Waals surface area contributed by atoms with Crippen LogP contribution in [-0.4, -0.2) is 86.3 Å². The van der Waals surface area contributed by atoms with Gasteiger partial charge in [0.05, 0.1) is 31.3 Å². The Labute approximate surface area is 257 Å². The van der Waals surface area contributed by atoms with Crippen LogP contribution in [0.2, 0.25) is 0 Å². The van der Waals surface area contributed by atoms with Gasteiger partial charge in [0, 0.05) is 44.6 Å². The molecule has 2 aliphatic rings. The second-order valence-electron chi connectivity index (χ2n) is 11.1. The number of aromatic nitrogens is 7. The maximum atomic E-state index is 11.7. The smallest absolute Gasteiger partial charge is 0.371 e. The highest BCUT2D eigenvalue weighted by Crippen LogP contribution is 2.71. The minimum absolute atomic E-state index is 0.0915. The van der Waals surface area contributed by atoms with Gasteiger partial charge in [0.25, 0.3) is 0 Å². The molecule has 2 fully saturated rings. The molecule has 20 heteroatoms. The predicted molar refractivity (Wildman–Crippen MR) is 157 cm³/mol. The van der Waals surface area contributed by atoms with Gasteiger partial charge in [-0.05, 0) is 43.9 Å². The highest BCUT2D eigenvalue weighted by atomic mass is 31.2. The Hall–Kier alpha value is -3.26. The summed E-state index contributed by atoms with van der Waals surface area (Å²) in [5, 5.41) is 14.0. The summed E-state index contributed by atoms with van der Waals surface area (Å²) in [5.41, 5.74) is 0.815. The zero-order valence-electron chi connectivity index (χ0n) is 24.6. The molecule has 2 aliphatic carbocycles. The van der Waals surface area contributed by atoms with E-state index in [0.717, 1.165) is 25.0 Å². The first-order valence-electron chi connectivity index (χ1n) is 14.3.